The van der Waals surface area contributed by atoms with Crippen molar-refractivity contribution in [2.45, 2.75) is 58.0 Å². The molecular formula is C20H27N3O2. The van der Waals surface area contributed by atoms with Crippen LogP contribution in [0.1, 0.15) is 45.1 Å². The number of H-pyrrole nitrogens is 1. The van der Waals surface area contributed by atoms with Crippen LogP contribution >= 0.6 is 0 Å². The number of carbonyl (C=O) groups excluding carboxylic acids is 2. The average Bonchev–Trinajstić information content (AvgIpc) is 2.99. The molecule has 0 aliphatic heterocycles. The van der Waals surface area contributed by atoms with Gasteiger partial charge < -0.3 is 15.6 Å². The molecule has 1 atom stereocenters. The van der Waals surface area contributed by atoms with Crippen molar-refractivity contribution >= 4 is 22.7 Å². The first-order valence-electron chi connectivity index (χ1n) is 9.15. The summed E-state index contributed by atoms with van der Waals surface area (Å²) < 4.78 is 0. The number of amides is 2. The molecule has 3 rings (SSSR count). The molecule has 5 nitrogen and oxygen atoms in total. The number of nitrogens with one attached hydrogen (secondary N) is 3. The second kappa shape index (κ2) is 7.72. The molecule has 5 heteroatoms. The van der Waals surface area contributed by atoms with Gasteiger partial charge in [0.05, 0.1) is 0 Å². The van der Waals surface area contributed by atoms with Crippen LogP contribution in [-0.4, -0.2) is 28.9 Å². The molecule has 2 aromatic rings. The number of hydrogen-bond donors (Lipinski definition) is 3. The van der Waals surface area contributed by atoms with E-state index in [1.807, 2.05) is 30.5 Å². The van der Waals surface area contributed by atoms with Gasteiger partial charge in [0.25, 0.3) is 0 Å². The molecule has 134 valence electrons. The summed E-state index contributed by atoms with van der Waals surface area (Å²) >= 11 is 0. The second-order valence-corrected chi connectivity index (χ2v) is 7.28. The molecule has 25 heavy (non-hydrogen) atoms. The summed E-state index contributed by atoms with van der Waals surface area (Å²) in [5.74, 6) is 0.475. The zero-order valence-corrected chi connectivity index (χ0v) is 15.0. The summed E-state index contributed by atoms with van der Waals surface area (Å²) in [4.78, 5) is 27.6. The van der Waals surface area contributed by atoms with Gasteiger partial charge in [0.1, 0.15) is 6.04 Å². The number of hydrogen-bond acceptors (Lipinski definition) is 2. The number of rotatable bonds is 5. The van der Waals surface area contributed by atoms with Crippen molar-refractivity contribution in [3.8, 4) is 0 Å². The van der Waals surface area contributed by atoms with E-state index in [4.69, 9.17) is 0 Å². The lowest BCUT2D eigenvalue weighted by Crippen LogP contribution is -2.50. The molecule has 0 bridgehead atoms. The number of fused-ring (bicyclic) bond motifs is 1. The molecule has 1 aromatic heterocycles. The molecule has 1 aliphatic carbocycles. The van der Waals surface area contributed by atoms with Gasteiger partial charge in [-0.25, -0.2) is 0 Å². The Kier molecular flexibility index (Phi) is 5.41. The maximum Gasteiger partial charge on any atom is 0.243 e. The summed E-state index contributed by atoms with van der Waals surface area (Å²) in [5.41, 5.74) is 2.09. The predicted molar refractivity (Wildman–Crippen MR) is 99.2 cm³/mol. The molecule has 1 heterocycles. The zero-order valence-electron chi connectivity index (χ0n) is 15.0. The van der Waals surface area contributed by atoms with Crippen LogP contribution in [0.15, 0.2) is 30.5 Å². The molecule has 0 saturated heterocycles. The van der Waals surface area contributed by atoms with E-state index in [2.05, 4.69) is 22.5 Å². The summed E-state index contributed by atoms with van der Waals surface area (Å²) in [7, 11) is 0. The molecule has 0 spiro atoms. The third-order valence-electron chi connectivity index (χ3n) is 5.16. The quantitative estimate of drug-likeness (QED) is 0.782. The maximum absolute atomic E-state index is 12.8. The van der Waals surface area contributed by atoms with Crippen LogP contribution in [0.3, 0.4) is 0 Å². The standard InChI is InChI=1S/C20H27N3O2/c1-13-7-9-16(10-8-13)23-20(25)19(22-14(2)24)11-15-12-21-18-6-4-3-5-17(15)18/h3-6,12-13,16,19,21H,7-11H2,1-2H3,(H,22,24)(H,23,25). The molecule has 1 aliphatic rings. The van der Waals surface area contributed by atoms with Gasteiger partial charge >= 0.3 is 0 Å². The Bertz CT molecular complexity index is 744. The number of carbonyl (C=O) groups is 2. The van der Waals surface area contributed by atoms with E-state index >= 15 is 0 Å². The Morgan fingerprint density at radius 2 is 1.92 bits per heavy atom. The first-order valence-corrected chi connectivity index (χ1v) is 9.15. The van der Waals surface area contributed by atoms with Crippen LogP contribution in [0.5, 0.6) is 0 Å². The first-order chi connectivity index (χ1) is 12.0. The summed E-state index contributed by atoms with van der Waals surface area (Å²) in [6.07, 6.45) is 6.75. The number of para-hydroxylation sites is 1. The van der Waals surface area contributed by atoms with Crippen molar-refractivity contribution in [2.75, 3.05) is 0 Å². The molecule has 1 fully saturated rings. The molecule has 3 N–H and O–H groups in total. The summed E-state index contributed by atoms with van der Waals surface area (Å²) in [5, 5.41) is 7.05. The topological polar surface area (TPSA) is 74.0 Å². The third-order valence-corrected chi connectivity index (χ3v) is 5.16. The van der Waals surface area contributed by atoms with Crippen molar-refractivity contribution in [3.63, 3.8) is 0 Å². The van der Waals surface area contributed by atoms with Gasteiger partial charge in [0.2, 0.25) is 11.8 Å². The Hall–Kier alpha value is -2.30. The van der Waals surface area contributed by atoms with E-state index < -0.39 is 6.04 Å². The zero-order chi connectivity index (χ0) is 17.8. The van der Waals surface area contributed by atoms with Crippen molar-refractivity contribution in [1.82, 2.24) is 15.6 Å². The minimum Gasteiger partial charge on any atom is -0.361 e. The fourth-order valence-corrected chi connectivity index (χ4v) is 3.68. The summed E-state index contributed by atoms with van der Waals surface area (Å²) in [6.45, 7) is 3.72. The Morgan fingerprint density at radius 1 is 1.20 bits per heavy atom. The van der Waals surface area contributed by atoms with E-state index in [0.717, 1.165) is 48.1 Å². The van der Waals surface area contributed by atoms with E-state index in [1.165, 1.54) is 6.92 Å². The molecule has 1 unspecified atom stereocenters. The van der Waals surface area contributed by atoms with Gasteiger partial charge in [-0.3, -0.25) is 9.59 Å². The van der Waals surface area contributed by atoms with Crippen molar-refractivity contribution < 1.29 is 9.59 Å². The highest BCUT2D eigenvalue weighted by molar-refractivity contribution is 5.89. The van der Waals surface area contributed by atoms with Crippen LogP contribution < -0.4 is 10.6 Å². The summed E-state index contributed by atoms with van der Waals surface area (Å²) in [6, 6.07) is 7.68. The Morgan fingerprint density at radius 3 is 2.64 bits per heavy atom. The van der Waals surface area contributed by atoms with Crippen molar-refractivity contribution in [2.24, 2.45) is 5.92 Å². The highest BCUT2D eigenvalue weighted by Crippen LogP contribution is 2.24. The maximum atomic E-state index is 12.8. The monoisotopic (exact) mass is 341 g/mol. The van der Waals surface area contributed by atoms with E-state index in [-0.39, 0.29) is 17.9 Å². The fraction of sp³-hybridized carbons (Fsp3) is 0.500. The van der Waals surface area contributed by atoms with Gasteiger partial charge in [-0.05, 0) is 43.2 Å². The van der Waals surface area contributed by atoms with Crippen LogP contribution in [0, 0.1) is 5.92 Å². The lowest BCUT2D eigenvalue weighted by Gasteiger charge is -2.28. The normalized spacial score (nSPS) is 21.7. The fourth-order valence-electron chi connectivity index (χ4n) is 3.68. The van der Waals surface area contributed by atoms with Crippen molar-refractivity contribution in [1.29, 1.82) is 0 Å². The van der Waals surface area contributed by atoms with Gasteiger partial charge in [0, 0.05) is 36.5 Å². The first kappa shape index (κ1) is 17.5. The van der Waals surface area contributed by atoms with Crippen LogP contribution in [0.25, 0.3) is 10.9 Å². The molecule has 2 amide bonds. The lowest BCUT2D eigenvalue weighted by molar-refractivity contribution is -0.128. The van der Waals surface area contributed by atoms with Gasteiger partial charge in [-0.15, -0.1) is 0 Å². The third kappa shape index (κ3) is 4.41. The Labute approximate surface area is 148 Å². The SMILES string of the molecule is CC(=O)NC(Cc1c[nH]c2ccccc12)C(=O)NC1CCC(C)CC1. The average molecular weight is 341 g/mol. The van der Waals surface area contributed by atoms with E-state index in [9.17, 15) is 9.59 Å². The van der Waals surface area contributed by atoms with Crippen LogP contribution in [0.2, 0.25) is 0 Å². The smallest absolute Gasteiger partial charge is 0.243 e. The van der Waals surface area contributed by atoms with Gasteiger partial charge in [0.15, 0.2) is 0 Å². The minimum absolute atomic E-state index is 0.0833. The van der Waals surface area contributed by atoms with Crippen LogP contribution in [0.4, 0.5) is 0 Å². The largest absolute Gasteiger partial charge is 0.361 e. The minimum atomic E-state index is -0.545. The highest BCUT2D eigenvalue weighted by atomic mass is 16.2. The predicted octanol–water partition coefficient (Wildman–Crippen LogP) is 2.91. The lowest BCUT2D eigenvalue weighted by atomic mass is 9.87. The van der Waals surface area contributed by atoms with Crippen molar-refractivity contribution in [3.05, 3.63) is 36.0 Å². The number of benzene rings is 1. The van der Waals surface area contributed by atoms with Crippen LogP contribution in [-0.2, 0) is 16.0 Å². The molecular weight excluding hydrogens is 314 g/mol. The Balaban J connectivity index is 1.70. The van der Waals surface area contributed by atoms with E-state index in [1.54, 1.807) is 0 Å². The van der Waals surface area contributed by atoms with E-state index in [0.29, 0.717) is 6.42 Å². The molecule has 1 saturated carbocycles. The highest BCUT2D eigenvalue weighted by Gasteiger charge is 2.25. The number of aromatic nitrogens is 1. The molecule has 1 aromatic carbocycles. The van der Waals surface area contributed by atoms with Gasteiger partial charge in [-0.1, -0.05) is 25.1 Å². The van der Waals surface area contributed by atoms with Gasteiger partial charge in [-0.2, -0.15) is 0 Å². The number of aromatic amines is 1. The second-order valence-electron chi connectivity index (χ2n) is 7.28. The molecule has 0 radical (unpaired) electrons.